The second kappa shape index (κ2) is 10.6. The quantitative estimate of drug-likeness (QED) is 0.594. The van der Waals surface area contributed by atoms with Crippen LogP contribution in [0.25, 0.3) is 0 Å². The van der Waals surface area contributed by atoms with Crippen molar-refractivity contribution in [2.45, 2.75) is 46.1 Å². The zero-order chi connectivity index (χ0) is 14.7. The molecule has 0 unspecified atom stereocenters. The number of hydrogen-bond donors (Lipinski definition) is 2. The molecule has 0 aromatic carbocycles. The van der Waals surface area contributed by atoms with E-state index in [-0.39, 0.29) is 6.03 Å². The van der Waals surface area contributed by atoms with Crippen molar-refractivity contribution in [3.63, 3.8) is 0 Å². The van der Waals surface area contributed by atoms with E-state index in [4.69, 9.17) is 9.84 Å². The number of aliphatic carboxylic acids is 1. The molecule has 0 saturated carbocycles. The summed E-state index contributed by atoms with van der Waals surface area (Å²) >= 11 is 0. The molecule has 0 aromatic heterocycles. The highest BCUT2D eigenvalue weighted by Crippen LogP contribution is 2.02. The van der Waals surface area contributed by atoms with E-state index in [2.05, 4.69) is 5.32 Å². The summed E-state index contributed by atoms with van der Waals surface area (Å²) < 4.78 is 5.20. The van der Waals surface area contributed by atoms with E-state index in [0.717, 1.165) is 12.8 Å². The summed E-state index contributed by atoms with van der Waals surface area (Å²) in [6, 6.07) is -1.15. The van der Waals surface area contributed by atoms with Crippen LogP contribution in [0.3, 0.4) is 0 Å². The monoisotopic (exact) mass is 274 g/mol. The fraction of sp³-hybridized carbons (Fsp3) is 0.846. The molecule has 2 amide bonds. The van der Waals surface area contributed by atoms with Crippen molar-refractivity contribution in [3.05, 3.63) is 0 Å². The predicted octanol–water partition coefficient (Wildman–Crippen LogP) is 1.70. The molecule has 0 radical (unpaired) electrons. The van der Waals surface area contributed by atoms with Gasteiger partial charge in [0.25, 0.3) is 0 Å². The van der Waals surface area contributed by atoms with Crippen molar-refractivity contribution < 1.29 is 19.4 Å². The third kappa shape index (κ3) is 7.66. The second-order valence-electron chi connectivity index (χ2n) is 4.26. The number of ether oxygens (including phenoxy) is 1. The minimum absolute atomic E-state index is 0.342. The molecule has 0 fully saturated rings. The lowest BCUT2D eigenvalue weighted by atomic mass is 10.1. The molecule has 0 aromatic rings. The summed E-state index contributed by atoms with van der Waals surface area (Å²) in [6.45, 7) is 7.79. The first-order valence-electron chi connectivity index (χ1n) is 6.92. The van der Waals surface area contributed by atoms with Gasteiger partial charge in [-0.05, 0) is 20.3 Å². The number of hydrogen-bond acceptors (Lipinski definition) is 3. The molecule has 0 bridgehead atoms. The van der Waals surface area contributed by atoms with Crippen molar-refractivity contribution >= 4 is 12.0 Å². The Labute approximate surface area is 115 Å². The van der Waals surface area contributed by atoms with Crippen LogP contribution in [0.2, 0.25) is 0 Å². The molecule has 19 heavy (non-hydrogen) atoms. The number of nitrogens with one attached hydrogen (secondary N) is 1. The highest BCUT2D eigenvalue weighted by Gasteiger charge is 2.21. The van der Waals surface area contributed by atoms with Crippen molar-refractivity contribution in [2.24, 2.45) is 0 Å². The van der Waals surface area contributed by atoms with Gasteiger partial charge in [0.2, 0.25) is 0 Å². The lowest BCUT2D eigenvalue weighted by Gasteiger charge is -2.23. The maximum atomic E-state index is 11.9. The molecule has 0 aliphatic heterocycles. The number of unbranched alkanes of at least 4 members (excludes halogenated alkanes) is 1. The smallest absolute Gasteiger partial charge is 0.326 e. The summed E-state index contributed by atoms with van der Waals surface area (Å²) in [7, 11) is 0. The van der Waals surface area contributed by atoms with E-state index >= 15 is 0 Å². The Hall–Kier alpha value is -1.30. The number of nitrogens with zero attached hydrogens (tertiary/aromatic N) is 1. The van der Waals surface area contributed by atoms with E-state index < -0.39 is 12.0 Å². The maximum absolute atomic E-state index is 11.9. The van der Waals surface area contributed by atoms with Crippen LogP contribution in [-0.4, -0.2) is 54.4 Å². The molecule has 0 saturated heterocycles. The first-order valence-corrected chi connectivity index (χ1v) is 6.92. The lowest BCUT2D eigenvalue weighted by Crippen LogP contribution is -2.48. The van der Waals surface area contributed by atoms with Crippen molar-refractivity contribution in [1.82, 2.24) is 10.2 Å². The van der Waals surface area contributed by atoms with Crippen LogP contribution in [0, 0.1) is 0 Å². The molecule has 0 heterocycles. The Bertz CT molecular complexity index is 271. The highest BCUT2D eigenvalue weighted by molar-refractivity contribution is 5.82. The zero-order valence-electron chi connectivity index (χ0n) is 12.1. The molecular weight excluding hydrogens is 248 g/mol. The van der Waals surface area contributed by atoms with E-state index in [1.807, 2.05) is 20.8 Å². The Morgan fingerprint density at radius 3 is 2.47 bits per heavy atom. The number of carbonyl (C=O) groups is 2. The fourth-order valence-corrected chi connectivity index (χ4v) is 1.63. The van der Waals surface area contributed by atoms with Crippen LogP contribution in [0.1, 0.15) is 40.0 Å². The van der Waals surface area contributed by atoms with Gasteiger partial charge in [-0.15, -0.1) is 0 Å². The topological polar surface area (TPSA) is 78.9 Å². The Balaban J connectivity index is 4.29. The van der Waals surface area contributed by atoms with Gasteiger partial charge in [0.15, 0.2) is 0 Å². The first kappa shape index (κ1) is 17.7. The largest absolute Gasteiger partial charge is 0.480 e. The minimum Gasteiger partial charge on any atom is -0.480 e. The molecule has 0 rings (SSSR count). The van der Waals surface area contributed by atoms with Gasteiger partial charge in [-0.2, -0.15) is 0 Å². The standard InChI is InChI=1S/C13H26N2O4/c1-4-7-8-11(12(16)17)14-13(18)15(5-2)9-10-19-6-3/h11H,4-10H2,1-3H3,(H,14,18)(H,16,17)/t11-/m0/s1. The third-order valence-corrected chi connectivity index (χ3v) is 2.82. The summed E-state index contributed by atoms with van der Waals surface area (Å²) in [5.74, 6) is -0.984. The van der Waals surface area contributed by atoms with Crippen LogP contribution in [0.4, 0.5) is 4.79 Å². The maximum Gasteiger partial charge on any atom is 0.326 e. The highest BCUT2D eigenvalue weighted by atomic mass is 16.5. The predicted molar refractivity (Wildman–Crippen MR) is 73.2 cm³/mol. The van der Waals surface area contributed by atoms with E-state index in [9.17, 15) is 9.59 Å². The molecule has 6 heteroatoms. The molecular formula is C13H26N2O4. The van der Waals surface area contributed by atoms with Gasteiger partial charge < -0.3 is 20.1 Å². The number of likely N-dealkylation sites (N-methyl/N-ethyl adjacent to an activating group) is 1. The second-order valence-corrected chi connectivity index (χ2v) is 4.26. The number of amides is 2. The normalized spacial score (nSPS) is 11.9. The SMILES string of the molecule is CCCC[C@H](NC(=O)N(CC)CCOCC)C(=O)O. The summed E-state index contributed by atoms with van der Waals surface area (Å²) in [4.78, 5) is 24.5. The molecule has 6 nitrogen and oxygen atoms in total. The summed E-state index contributed by atoms with van der Waals surface area (Å²) in [5, 5.41) is 11.6. The van der Waals surface area contributed by atoms with E-state index in [0.29, 0.717) is 32.7 Å². The molecule has 2 N–H and O–H groups in total. The molecule has 1 atom stereocenters. The van der Waals surface area contributed by atoms with Gasteiger partial charge in [-0.1, -0.05) is 19.8 Å². The van der Waals surface area contributed by atoms with Crippen molar-refractivity contribution in [1.29, 1.82) is 0 Å². The Morgan fingerprint density at radius 1 is 1.32 bits per heavy atom. The van der Waals surface area contributed by atoms with Gasteiger partial charge >= 0.3 is 12.0 Å². The van der Waals surface area contributed by atoms with Crippen molar-refractivity contribution in [2.75, 3.05) is 26.3 Å². The Kier molecular flexibility index (Phi) is 9.88. The van der Waals surface area contributed by atoms with Gasteiger partial charge in [0.05, 0.1) is 6.61 Å². The third-order valence-electron chi connectivity index (χ3n) is 2.82. The number of urea groups is 1. The summed E-state index contributed by atoms with van der Waals surface area (Å²) in [5.41, 5.74) is 0. The first-order chi connectivity index (χ1) is 9.06. The van der Waals surface area contributed by atoms with Gasteiger partial charge in [-0.25, -0.2) is 9.59 Å². The fourth-order valence-electron chi connectivity index (χ4n) is 1.63. The number of carboxylic acids is 1. The number of rotatable bonds is 10. The summed E-state index contributed by atoms with van der Waals surface area (Å²) in [6.07, 6.45) is 2.14. The molecule has 0 aliphatic rings. The van der Waals surface area contributed by atoms with Crippen LogP contribution >= 0.6 is 0 Å². The average molecular weight is 274 g/mol. The minimum atomic E-state index is -0.984. The lowest BCUT2D eigenvalue weighted by molar-refractivity contribution is -0.139. The molecule has 0 aliphatic carbocycles. The number of carboxylic acid groups (broad SMARTS) is 1. The van der Waals surface area contributed by atoms with Crippen molar-refractivity contribution in [3.8, 4) is 0 Å². The average Bonchev–Trinajstić information content (AvgIpc) is 2.39. The molecule has 112 valence electrons. The Morgan fingerprint density at radius 2 is 2.00 bits per heavy atom. The van der Waals surface area contributed by atoms with Gasteiger partial charge in [0.1, 0.15) is 6.04 Å². The van der Waals surface area contributed by atoms with E-state index in [1.54, 1.807) is 4.90 Å². The van der Waals surface area contributed by atoms with Crippen LogP contribution < -0.4 is 5.32 Å². The van der Waals surface area contributed by atoms with Crippen LogP contribution in [-0.2, 0) is 9.53 Å². The van der Waals surface area contributed by atoms with E-state index in [1.165, 1.54) is 0 Å². The van der Waals surface area contributed by atoms with Gasteiger partial charge in [-0.3, -0.25) is 0 Å². The number of carbonyl (C=O) groups excluding carboxylic acids is 1. The van der Waals surface area contributed by atoms with Crippen LogP contribution in [0.15, 0.2) is 0 Å². The van der Waals surface area contributed by atoms with Crippen LogP contribution in [0.5, 0.6) is 0 Å². The zero-order valence-corrected chi connectivity index (χ0v) is 12.1. The molecule has 0 spiro atoms. The van der Waals surface area contributed by atoms with Gasteiger partial charge in [0, 0.05) is 19.7 Å².